The monoisotopic (exact) mass is 582 g/mol. The number of carbonyl (C=O) groups is 1. The number of nitrogens with two attached hydrogens (primary N) is 1. The summed E-state index contributed by atoms with van der Waals surface area (Å²) >= 11 is 1.21. The number of hydrogen-bond acceptors (Lipinski definition) is 6. The SMILES string of the molecule is CC(C)(C)c1ccc(COc2ccc3c(c2)c(CCN)cn3S(=O)(=O)c2cccs2)cc1.O=C(O)C(F)(F)F. The van der Waals surface area contributed by atoms with Crippen LogP contribution in [0.4, 0.5) is 13.2 Å². The van der Waals surface area contributed by atoms with Crippen LogP contribution in [0, 0.1) is 0 Å². The Morgan fingerprint density at radius 3 is 2.23 bits per heavy atom. The topological polar surface area (TPSA) is 112 Å². The molecule has 0 saturated carbocycles. The van der Waals surface area contributed by atoms with Crippen LogP contribution in [0.3, 0.4) is 0 Å². The molecule has 0 bridgehead atoms. The van der Waals surface area contributed by atoms with Crippen molar-refractivity contribution in [2.24, 2.45) is 5.73 Å². The van der Waals surface area contributed by atoms with Gasteiger partial charge in [0.2, 0.25) is 0 Å². The molecule has 4 rings (SSSR count). The van der Waals surface area contributed by atoms with Crippen molar-refractivity contribution in [1.82, 2.24) is 3.97 Å². The van der Waals surface area contributed by atoms with E-state index >= 15 is 0 Å². The summed E-state index contributed by atoms with van der Waals surface area (Å²) in [4.78, 5) is 8.90. The lowest BCUT2D eigenvalue weighted by atomic mass is 9.87. The van der Waals surface area contributed by atoms with Crippen molar-refractivity contribution in [3.8, 4) is 5.75 Å². The number of ether oxygens (including phenoxy) is 1. The maximum atomic E-state index is 13.1. The molecule has 7 nitrogen and oxygen atoms in total. The van der Waals surface area contributed by atoms with Gasteiger partial charge in [-0.1, -0.05) is 51.1 Å². The van der Waals surface area contributed by atoms with Crippen LogP contribution in [-0.4, -0.2) is 36.2 Å². The summed E-state index contributed by atoms with van der Waals surface area (Å²) in [7, 11) is -3.65. The second kappa shape index (κ2) is 11.8. The highest BCUT2D eigenvalue weighted by Gasteiger charge is 2.38. The van der Waals surface area contributed by atoms with E-state index in [2.05, 4.69) is 45.0 Å². The number of aromatic nitrogens is 1. The Bertz CT molecular complexity index is 1520. The highest BCUT2D eigenvalue weighted by atomic mass is 32.2. The molecule has 0 atom stereocenters. The number of aliphatic carboxylic acids is 1. The molecule has 3 N–H and O–H groups in total. The van der Waals surface area contributed by atoms with Gasteiger partial charge in [-0.05, 0) is 64.7 Å². The van der Waals surface area contributed by atoms with Crippen LogP contribution in [0.5, 0.6) is 5.75 Å². The molecular weight excluding hydrogens is 553 g/mol. The van der Waals surface area contributed by atoms with Crippen molar-refractivity contribution < 1.29 is 36.2 Å². The molecule has 2 aromatic heterocycles. The fourth-order valence-electron chi connectivity index (χ4n) is 3.66. The maximum absolute atomic E-state index is 13.1. The van der Waals surface area contributed by atoms with Crippen molar-refractivity contribution in [1.29, 1.82) is 0 Å². The van der Waals surface area contributed by atoms with E-state index in [9.17, 15) is 21.6 Å². The maximum Gasteiger partial charge on any atom is 0.490 e. The lowest BCUT2D eigenvalue weighted by Gasteiger charge is -2.19. The van der Waals surface area contributed by atoms with E-state index in [0.29, 0.717) is 35.0 Å². The fourth-order valence-corrected chi connectivity index (χ4v) is 6.13. The van der Waals surface area contributed by atoms with Crippen LogP contribution >= 0.6 is 11.3 Å². The van der Waals surface area contributed by atoms with Gasteiger partial charge in [0.1, 0.15) is 16.6 Å². The normalized spacial score (nSPS) is 12.2. The average Bonchev–Trinajstić information content (AvgIpc) is 3.52. The van der Waals surface area contributed by atoms with Gasteiger partial charge < -0.3 is 15.6 Å². The van der Waals surface area contributed by atoms with E-state index in [4.69, 9.17) is 20.4 Å². The Morgan fingerprint density at radius 1 is 1.08 bits per heavy atom. The van der Waals surface area contributed by atoms with Gasteiger partial charge in [-0.25, -0.2) is 8.77 Å². The fraction of sp³-hybridized carbons (Fsp3) is 0.296. The van der Waals surface area contributed by atoms with E-state index in [1.807, 2.05) is 12.1 Å². The minimum absolute atomic E-state index is 0.112. The first-order valence-electron chi connectivity index (χ1n) is 11.8. The minimum Gasteiger partial charge on any atom is -0.489 e. The van der Waals surface area contributed by atoms with Crippen molar-refractivity contribution >= 4 is 38.2 Å². The van der Waals surface area contributed by atoms with Crippen LogP contribution < -0.4 is 10.5 Å². The Hall–Kier alpha value is -3.35. The molecule has 0 radical (unpaired) electrons. The van der Waals surface area contributed by atoms with Crippen LogP contribution in [0.2, 0.25) is 0 Å². The molecule has 39 heavy (non-hydrogen) atoms. The Morgan fingerprint density at radius 2 is 1.72 bits per heavy atom. The highest BCUT2D eigenvalue weighted by molar-refractivity contribution is 7.92. The number of thiophene rings is 1. The predicted molar refractivity (Wildman–Crippen MR) is 145 cm³/mol. The smallest absolute Gasteiger partial charge is 0.489 e. The first-order valence-corrected chi connectivity index (χ1v) is 14.1. The molecular formula is C27H29F3N2O5S2. The van der Waals surface area contributed by atoms with Crippen LogP contribution in [0.25, 0.3) is 10.9 Å². The van der Waals surface area contributed by atoms with Crippen molar-refractivity contribution in [3.63, 3.8) is 0 Å². The molecule has 0 fully saturated rings. The van der Waals surface area contributed by atoms with Crippen LogP contribution in [-0.2, 0) is 33.3 Å². The number of alkyl halides is 3. The van der Waals surface area contributed by atoms with Gasteiger partial charge in [0.15, 0.2) is 0 Å². The number of nitrogens with zero attached hydrogens (tertiary/aromatic N) is 1. The Labute approximate surface area is 228 Å². The predicted octanol–water partition coefficient (Wildman–Crippen LogP) is 5.95. The van der Waals surface area contributed by atoms with Gasteiger partial charge in [0.05, 0.1) is 5.52 Å². The molecule has 0 aliphatic heterocycles. The van der Waals surface area contributed by atoms with Crippen molar-refractivity contribution in [3.05, 3.63) is 82.9 Å². The highest BCUT2D eigenvalue weighted by Crippen LogP contribution is 2.31. The van der Waals surface area contributed by atoms with Gasteiger partial charge in [-0.3, -0.25) is 0 Å². The molecule has 0 spiro atoms. The zero-order chi connectivity index (χ0) is 29.0. The van der Waals surface area contributed by atoms with E-state index in [-0.39, 0.29) is 5.41 Å². The Balaban J connectivity index is 0.000000532. The third-order valence-corrected chi connectivity index (χ3v) is 8.76. The molecule has 210 valence electrons. The summed E-state index contributed by atoms with van der Waals surface area (Å²) in [5.41, 5.74) is 9.78. The molecule has 0 aliphatic rings. The van der Waals surface area contributed by atoms with Gasteiger partial charge >= 0.3 is 12.1 Å². The molecule has 12 heteroatoms. The van der Waals surface area contributed by atoms with Crippen molar-refractivity contribution in [2.75, 3.05) is 6.54 Å². The average molecular weight is 583 g/mol. The summed E-state index contributed by atoms with van der Waals surface area (Å²) in [6.45, 7) is 7.45. The molecule has 2 aromatic carbocycles. The van der Waals surface area contributed by atoms with Gasteiger partial charge in [0, 0.05) is 11.6 Å². The van der Waals surface area contributed by atoms with Crippen LogP contribution in [0.1, 0.15) is 37.5 Å². The molecule has 0 unspecified atom stereocenters. The standard InChI is InChI=1S/C25H28N2O3S2.C2HF3O2/c1-25(2,3)20-8-6-18(7-9-20)17-30-21-10-11-23-22(15-21)19(12-13-26)16-27(23)32(28,29)24-5-4-14-31-24;3-2(4,5)1(6)7/h4-11,14-16H,12-13,17,26H2,1-3H3;(H,6,7). The molecule has 0 saturated heterocycles. The summed E-state index contributed by atoms with van der Waals surface area (Å²) in [5, 5.41) is 9.73. The number of carboxylic acid groups (broad SMARTS) is 1. The molecule has 0 amide bonds. The lowest BCUT2D eigenvalue weighted by Crippen LogP contribution is -2.21. The molecule has 2 heterocycles. The number of carboxylic acids is 1. The van der Waals surface area contributed by atoms with E-state index in [1.54, 1.807) is 29.8 Å². The number of benzene rings is 2. The van der Waals surface area contributed by atoms with E-state index < -0.39 is 22.2 Å². The summed E-state index contributed by atoms with van der Waals surface area (Å²) < 4.78 is 65.7. The number of rotatable bonds is 7. The van der Waals surface area contributed by atoms with Gasteiger partial charge in [-0.15, -0.1) is 11.3 Å². The second-order valence-electron chi connectivity index (χ2n) is 9.64. The number of fused-ring (bicyclic) bond motifs is 1. The zero-order valence-corrected chi connectivity index (χ0v) is 23.2. The van der Waals surface area contributed by atoms with Gasteiger partial charge in [0.25, 0.3) is 10.0 Å². The minimum atomic E-state index is -5.08. The number of halogens is 3. The zero-order valence-electron chi connectivity index (χ0n) is 21.5. The van der Waals surface area contributed by atoms with Crippen molar-refractivity contribution in [2.45, 2.75) is 49.6 Å². The molecule has 4 aromatic rings. The van der Waals surface area contributed by atoms with E-state index in [1.165, 1.54) is 20.9 Å². The summed E-state index contributed by atoms with van der Waals surface area (Å²) in [5.74, 6) is -2.06. The first kappa shape index (κ1) is 30.2. The molecule has 0 aliphatic carbocycles. The summed E-state index contributed by atoms with van der Waals surface area (Å²) in [6.07, 6.45) is -2.82. The van der Waals surface area contributed by atoms with Crippen LogP contribution in [0.15, 0.2) is 70.4 Å². The lowest BCUT2D eigenvalue weighted by molar-refractivity contribution is -0.192. The summed E-state index contributed by atoms with van der Waals surface area (Å²) in [6, 6.07) is 17.3. The Kier molecular flexibility index (Phi) is 9.14. The quantitative estimate of drug-likeness (QED) is 0.279. The number of hydrogen-bond donors (Lipinski definition) is 2. The third kappa shape index (κ3) is 7.40. The third-order valence-electron chi connectivity index (χ3n) is 5.71. The first-order chi connectivity index (χ1) is 18.1. The van der Waals surface area contributed by atoms with E-state index in [0.717, 1.165) is 16.5 Å². The van der Waals surface area contributed by atoms with Gasteiger partial charge in [-0.2, -0.15) is 21.6 Å². The second-order valence-corrected chi connectivity index (χ2v) is 12.6. The largest absolute Gasteiger partial charge is 0.490 e.